The number of hydrogen-bond acceptors (Lipinski definition) is 5. The van der Waals surface area contributed by atoms with Crippen molar-refractivity contribution in [3.63, 3.8) is 0 Å². The minimum Gasteiger partial charge on any atom is -0.479 e. The topological polar surface area (TPSA) is 117 Å². The standard InChI is InChI=1S/C8H9BrN2O5S/c9-5-1-6(3-10-2-5)17(15,16)11-4-7(12)8(13)14/h1-3,7,11-12H,4H2,(H,13,14)/t7-/m0/s1. The zero-order valence-corrected chi connectivity index (χ0v) is 10.8. The van der Waals surface area contributed by atoms with Crippen molar-refractivity contribution in [3.05, 3.63) is 22.9 Å². The van der Waals surface area contributed by atoms with Gasteiger partial charge < -0.3 is 10.2 Å². The van der Waals surface area contributed by atoms with Crippen LogP contribution in [0.5, 0.6) is 0 Å². The molecule has 0 spiro atoms. The Hall–Kier alpha value is -1.03. The zero-order chi connectivity index (χ0) is 13.1. The minimum absolute atomic E-state index is 0.121. The summed E-state index contributed by atoms with van der Waals surface area (Å²) in [7, 11) is -3.88. The van der Waals surface area contributed by atoms with Crippen LogP contribution in [0.15, 0.2) is 27.8 Å². The van der Waals surface area contributed by atoms with Gasteiger partial charge >= 0.3 is 5.97 Å². The Balaban J connectivity index is 2.79. The normalized spacial score (nSPS) is 13.3. The van der Waals surface area contributed by atoms with E-state index in [0.717, 1.165) is 6.20 Å². The van der Waals surface area contributed by atoms with Gasteiger partial charge in [0.1, 0.15) is 4.90 Å². The lowest BCUT2D eigenvalue weighted by Crippen LogP contribution is -2.36. The summed E-state index contributed by atoms with van der Waals surface area (Å²) >= 11 is 3.06. The summed E-state index contributed by atoms with van der Waals surface area (Å²) in [6.07, 6.45) is 0.732. The van der Waals surface area contributed by atoms with E-state index in [4.69, 9.17) is 10.2 Å². The summed E-state index contributed by atoms with van der Waals surface area (Å²) in [6, 6.07) is 1.31. The fourth-order valence-electron chi connectivity index (χ4n) is 0.899. The zero-order valence-electron chi connectivity index (χ0n) is 8.37. The number of halogens is 1. The summed E-state index contributed by atoms with van der Waals surface area (Å²) in [5.41, 5.74) is 0. The van der Waals surface area contributed by atoms with Crippen molar-refractivity contribution < 1.29 is 23.4 Å². The number of nitrogens with zero attached hydrogens (tertiary/aromatic N) is 1. The average molecular weight is 325 g/mol. The third kappa shape index (κ3) is 4.04. The van der Waals surface area contributed by atoms with Gasteiger partial charge in [-0.3, -0.25) is 4.98 Å². The molecule has 3 N–H and O–H groups in total. The molecule has 94 valence electrons. The number of aliphatic carboxylic acids is 1. The van der Waals surface area contributed by atoms with Crippen molar-refractivity contribution in [2.75, 3.05) is 6.54 Å². The molecule has 17 heavy (non-hydrogen) atoms. The predicted molar refractivity (Wildman–Crippen MR) is 60.8 cm³/mol. The number of sulfonamides is 1. The van der Waals surface area contributed by atoms with Crippen LogP contribution < -0.4 is 4.72 Å². The molecule has 0 aliphatic rings. The molecule has 1 atom stereocenters. The molecule has 0 amide bonds. The summed E-state index contributed by atoms with van der Waals surface area (Å²) < 4.78 is 25.7. The monoisotopic (exact) mass is 324 g/mol. The van der Waals surface area contributed by atoms with Crippen LogP contribution in [-0.4, -0.2) is 42.2 Å². The number of carboxylic acid groups (broad SMARTS) is 1. The molecule has 1 aromatic heterocycles. The van der Waals surface area contributed by atoms with E-state index in [1.807, 2.05) is 4.72 Å². The van der Waals surface area contributed by atoms with Gasteiger partial charge in [0.25, 0.3) is 0 Å². The number of aliphatic hydroxyl groups excluding tert-OH is 1. The first-order valence-electron chi connectivity index (χ1n) is 4.34. The fraction of sp³-hybridized carbons (Fsp3) is 0.250. The van der Waals surface area contributed by atoms with E-state index >= 15 is 0 Å². The molecular weight excluding hydrogens is 316 g/mol. The first-order valence-corrected chi connectivity index (χ1v) is 6.61. The molecule has 1 rings (SSSR count). The first-order chi connectivity index (χ1) is 7.83. The van der Waals surface area contributed by atoms with Crippen molar-refractivity contribution in [1.82, 2.24) is 9.71 Å². The van der Waals surface area contributed by atoms with Crippen LogP contribution in [-0.2, 0) is 14.8 Å². The number of aliphatic hydroxyl groups is 1. The van der Waals surface area contributed by atoms with E-state index in [-0.39, 0.29) is 4.90 Å². The van der Waals surface area contributed by atoms with Gasteiger partial charge in [-0.05, 0) is 22.0 Å². The van der Waals surface area contributed by atoms with Crippen molar-refractivity contribution in [1.29, 1.82) is 0 Å². The fourth-order valence-corrected chi connectivity index (χ4v) is 2.44. The molecule has 0 aliphatic heterocycles. The summed E-state index contributed by atoms with van der Waals surface area (Å²) in [5.74, 6) is -1.50. The van der Waals surface area contributed by atoms with Crippen LogP contribution >= 0.6 is 15.9 Å². The summed E-state index contributed by atoms with van der Waals surface area (Å²) in [4.78, 5) is 13.8. The highest BCUT2D eigenvalue weighted by Crippen LogP contribution is 2.13. The lowest BCUT2D eigenvalue weighted by atomic mass is 10.4. The number of aromatic nitrogens is 1. The number of pyridine rings is 1. The minimum atomic E-state index is -3.88. The van der Waals surface area contributed by atoms with Crippen molar-refractivity contribution in [2.45, 2.75) is 11.0 Å². The number of carboxylic acids is 1. The third-order valence-electron chi connectivity index (χ3n) is 1.74. The van der Waals surface area contributed by atoms with Crippen molar-refractivity contribution in [2.24, 2.45) is 0 Å². The maximum absolute atomic E-state index is 11.6. The number of rotatable bonds is 5. The Morgan fingerprint density at radius 3 is 2.71 bits per heavy atom. The number of nitrogens with one attached hydrogen (secondary N) is 1. The van der Waals surface area contributed by atoms with Crippen LogP contribution in [0.4, 0.5) is 0 Å². The van der Waals surface area contributed by atoms with Crippen LogP contribution in [0.1, 0.15) is 0 Å². The maximum Gasteiger partial charge on any atom is 0.333 e. The van der Waals surface area contributed by atoms with E-state index in [9.17, 15) is 13.2 Å². The molecule has 0 saturated carbocycles. The van der Waals surface area contributed by atoms with Crippen LogP contribution in [0.2, 0.25) is 0 Å². The molecule has 0 unspecified atom stereocenters. The maximum atomic E-state index is 11.6. The van der Waals surface area contributed by atoms with Gasteiger partial charge in [0.2, 0.25) is 10.0 Å². The lowest BCUT2D eigenvalue weighted by Gasteiger charge is -2.08. The third-order valence-corrected chi connectivity index (χ3v) is 3.57. The Morgan fingerprint density at radius 1 is 1.53 bits per heavy atom. The van der Waals surface area contributed by atoms with Crippen LogP contribution in [0, 0.1) is 0 Å². The second-order valence-electron chi connectivity index (χ2n) is 3.04. The summed E-state index contributed by atoms with van der Waals surface area (Å²) in [5, 5.41) is 17.3. The molecule has 0 bridgehead atoms. The number of hydrogen-bond donors (Lipinski definition) is 3. The van der Waals surface area contributed by atoms with Crippen LogP contribution in [0.3, 0.4) is 0 Å². The van der Waals surface area contributed by atoms with Crippen molar-refractivity contribution >= 4 is 31.9 Å². The molecule has 7 nitrogen and oxygen atoms in total. The Kier molecular flexibility index (Phi) is 4.57. The molecule has 0 aliphatic carbocycles. The molecular formula is C8H9BrN2O5S. The second-order valence-corrected chi connectivity index (χ2v) is 5.73. The summed E-state index contributed by atoms with van der Waals surface area (Å²) in [6.45, 7) is -0.607. The van der Waals surface area contributed by atoms with E-state index in [2.05, 4.69) is 20.9 Å². The molecule has 1 heterocycles. The van der Waals surface area contributed by atoms with Gasteiger partial charge in [0.05, 0.1) is 0 Å². The van der Waals surface area contributed by atoms with E-state index in [1.165, 1.54) is 12.3 Å². The van der Waals surface area contributed by atoms with E-state index < -0.39 is 28.6 Å². The van der Waals surface area contributed by atoms with Crippen molar-refractivity contribution in [3.8, 4) is 0 Å². The largest absolute Gasteiger partial charge is 0.479 e. The van der Waals surface area contributed by atoms with Crippen LogP contribution in [0.25, 0.3) is 0 Å². The quantitative estimate of drug-likeness (QED) is 0.676. The Morgan fingerprint density at radius 2 is 2.18 bits per heavy atom. The highest BCUT2D eigenvalue weighted by molar-refractivity contribution is 9.10. The highest BCUT2D eigenvalue weighted by Gasteiger charge is 2.19. The highest BCUT2D eigenvalue weighted by atomic mass is 79.9. The van der Waals surface area contributed by atoms with E-state index in [1.54, 1.807) is 0 Å². The van der Waals surface area contributed by atoms with Gasteiger partial charge in [0.15, 0.2) is 6.10 Å². The Labute approximate surface area is 106 Å². The van der Waals surface area contributed by atoms with Gasteiger partial charge in [-0.25, -0.2) is 17.9 Å². The lowest BCUT2D eigenvalue weighted by molar-refractivity contribution is -0.146. The van der Waals surface area contributed by atoms with Gasteiger partial charge in [-0.15, -0.1) is 0 Å². The van der Waals surface area contributed by atoms with E-state index in [0.29, 0.717) is 4.47 Å². The molecule has 0 radical (unpaired) electrons. The Bertz CT molecular complexity index is 518. The SMILES string of the molecule is O=C(O)[C@@H](O)CNS(=O)(=O)c1cncc(Br)c1. The molecule has 9 heteroatoms. The first kappa shape index (κ1) is 14.0. The molecule has 0 fully saturated rings. The molecule has 0 saturated heterocycles. The number of carbonyl (C=O) groups is 1. The predicted octanol–water partition coefficient (Wildman–Crippen LogP) is -0.432. The smallest absolute Gasteiger partial charge is 0.333 e. The molecule has 1 aromatic rings. The molecule has 0 aromatic carbocycles. The second kappa shape index (κ2) is 5.54. The van der Waals surface area contributed by atoms with Gasteiger partial charge in [-0.1, -0.05) is 0 Å². The van der Waals surface area contributed by atoms with Gasteiger partial charge in [0, 0.05) is 23.4 Å². The van der Waals surface area contributed by atoms with Gasteiger partial charge in [-0.2, -0.15) is 0 Å². The average Bonchev–Trinajstić information content (AvgIpc) is 2.26.